The second kappa shape index (κ2) is 7.22. The number of carbonyl (C=O) groups is 3. The van der Waals surface area contributed by atoms with Gasteiger partial charge in [-0.15, -0.1) is 0 Å². The lowest BCUT2D eigenvalue weighted by atomic mass is 10.2. The number of carbonyl (C=O) groups excluding carboxylic acids is 3. The van der Waals surface area contributed by atoms with Gasteiger partial charge in [-0.3, -0.25) is 19.2 Å². The first-order valence-electron chi connectivity index (χ1n) is 5.98. The van der Waals surface area contributed by atoms with Gasteiger partial charge in [0.1, 0.15) is 13.1 Å². The summed E-state index contributed by atoms with van der Waals surface area (Å²) in [5.74, 6) is -2.00. The van der Waals surface area contributed by atoms with E-state index >= 15 is 0 Å². The standard InChI is InChI=1S/C13H16N2O6/c1-14-5-4-9(6-10(14)16)13(19)15(7-11(17)20-2)8-12(18)21-3/h4-6H,7-8H2,1-3H3. The largest absolute Gasteiger partial charge is 0.468 e. The number of nitrogens with zero attached hydrogens (tertiary/aromatic N) is 2. The minimum Gasteiger partial charge on any atom is -0.468 e. The lowest BCUT2D eigenvalue weighted by Crippen LogP contribution is -2.40. The quantitative estimate of drug-likeness (QED) is 0.658. The van der Waals surface area contributed by atoms with E-state index in [0.717, 1.165) is 11.0 Å². The minimum atomic E-state index is -0.684. The molecule has 0 saturated heterocycles. The molecule has 1 amide bonds. The third-order valence-corrected chi connectivity index (χ3v) is 2.73. The first kappa shape index (κ1) is 16.4. The summed E-state index contributed by atoms with van der Waals surface area (Å²) in [5.41, 5.74) is -0.303. The van der Waals surface area contributed by atoms with E-state index in [9.17, 15) is 19.2 Å². The zero-order chi connectivity index (χ0) is 16.0. The molecule has 0 saturated carbocycles. The van der Waals surface area contributed by atoms with Gasteiger partial charge in [0.15, 0.2) is 0 Å². The number of aromatic nitrogens is 1. The summed E-state index contributed by atoms with van der Waals surface area (Å²) >= 11 is 0. The highest BCUT2D eigenvalue weighted by molar-refractivity contribution is 5.97. The molecule has 114 valence electrons. The molecule has 0 aliphatic rings. The number of ether oxygens (including phenoxy) is 2. The summed E-state index contributed by atoms with van der Waals surface area (Å²) < 4.78 is 10.2. The van der Waals surface area contributed by atoms with Crippen LogP contribution in [0.3, 0.4) is 0 Å². The summed E-state index contributed by atoms with van der Waals surface area (Å²) in [6.07, 6.45) is 1.42. The number of methoxy groups -OCH3 is 2. The molecule has 0 aromatic carbocycles. The van der Waals surface area contributed by atoms with Crippen molar-refractivity contribution in [1.29, 1.82) is 0 Å². The van der Waals surface area contributed by atoms with Gasteiger partial charge in [-0.25, -0.2) is 0 Å². The molecule has 1 aromatic rings. The molecule has 0 bridgehead atoms. The van der Waals surface area contributed by atoms with Crippen molar-refractivity contribution < 1.29 is 23.9 Å². The average molecular weight is 296 g/mol. The van der Waals surface area contributed by atoms with Crippen LogP contribution in [0.2, 0.25) is 0 Å². The van der Waals surface area contributed by atoms with Crippen LogP contribution < -0.4 is 5.56 Å². The topological polar surface area (TPSA) is 94.9 Å². The second-order valence-corrected chi connectivity index (χ2v) is 4.18. The highest BCUT2D eigenvalue weighted by atomic mass is 16.5. The van der Waals surface area contributed by atoms with Gasteiger partial charge in [-0.1, -0.05) is 0 Å². The summed E-state index contributed by atoms with van der Waals surface area (Å²) in [7, 11) is 3.88. The Morgan fingerprint density at radius 2 is 1.67 bits per heavy atom. The third-order valence-electron chi connectivity index (χ3n) is 2.73. The van der Waals surface area contributed by atoms with Crippen molar-refractivity contribution in [3.8, 4) is 0 Å². The molecule has 0 N–H and O–H groups in total. The first-order chi connectivity index (χ1) is 9.88. The predicted octanol–water partition coefficient (Wildman–Crippen LogP) is -0.826. The molecular formula is C13H16N2O6. The third kappa shape index (κ3) is 4.44. The van der Waals surface area contributed by atoms with Crippen molar-refractivity contribution >= 4 is 17.8 Å². The first-order valence-corrected chi connectivity index (χ1v) is 5.98. The van der Waals surface area contributed by atoms with Crippen molar-refractivity contribution in [2.45, 2.75) is 0 Å². The molecule has 0 unspecified atom stereocenters. The van der Waals surface area contributed by atoms with Gasteiger partial charge in [0.05, 0.1) is 14.2 Å². The van der Waals surface area contributed by atoms with Gasteiger partial charge >= 0.3 is 11.9 Å². The Balaban J connectivity index is 3.02. The number of pyridine rings is 1. The van der Waals surface area contributed by atoms with Crippen molar-refractivity contribution in [3.05, 3.63) is 34.2 Å². The van der Waals surface area contributed by atoms with Gasteiger partial charge in [0.2, 0.25) is 0 Å². The molecule has 1 heterocycles. The number of rotatable bonds is 5. The van der Waals surface area contributed by atoms with E-state index in [1.54, 1.807) is 0 Å². The van der Waals surface area contributed by atoms with Gasteiger partial charge in [-0.2, -0.15) is 0 Å². The lowest BCUT2D eigenvalue weighted by Gasteiger charge is -2.20. The van der Waals surface area contributed by atoms with Crippen molar-refractivity contribution in [3.63, 3.8) is 0 Å². The normalized spacial score (nSPS) is 9.86. The van der Waals surface area contributed by atoms with Crippen LogP contribution in [-0.4, -0.2) is 54.6 Å². The average Bonchev–Trinajstić information content (AvgIpc) is 2.48. The molecule has 8 nitrogen and oxygen atoms in total. The second-order valence-electron chi connectivity index (χ2n) is 4.18. The fraction of sp³-hybridized carbons (Fsp3) is 0.385. The fourth-order valence-corrected chi connectivity index (χ4v) is 1.50. The molecule has 0 aliphatic heterocycles. The Labute approximate surface area is 120 Å². The SMILES string of the molecule is COC(=O)CN(CC(=O)OC)C(=O)c1ccn(C)c(=O)c1. The minimum absolute atomic E-state index is 0.0749. The molecule has 0 radical (unpaired) electrons. The lowest BCUT2D eigenvalue weighted by molar-refractivity contribution is -0.144. The highest BCUT2D eigenvalue weighted by Crippen LogP contribution is 2.03. The van der Waals surface area contributed by atoms with E-state index in [-0.39, 0.29) is 11.1 Å². The Kier molecular flexibility index (Phi) is 5.65. The summed E-state index contributed by atoms with van der Waals surface area (Å²) in [4.78, 5) is 47.4. The van der Waals surface area contributed by atoms with Crippen LogP contribution >= 0.6 is 0 Å². The van der Waals surface area contributed by atoms with E-state index in [0.29, 0.717) is 0 Å². The number of hydrogen-bond donors (Lipinski definition) is 0. The van der Waals surface area contributed by atoms with Crippen LogP contribution in [0.1, 0.15) is 10.4 Å². The van der Waals surface area contributed by atoms with Crippen molar-refractivity contribution in [1.82, 2.24) is 9.47 Å². The maximum Gasteiger partial charge on any atom is 0.325 e. The zero-order valence-electron chi connectivity index (χ0n) is 12.0. The van der Waals surface area contributed by atoms with Gasteiger partial charge in [-0.05, 0) is 6.07 Å². The molecule has 0 fully saturated rings. The van der Waals surface area contributed by atoms with E-state index in [2.05, 4.69) is 9.47 Å². The van der Waals surface area contributed by atoms with E-state index < -0.39 is 30.9 Å². The molecule has 1 rings (SSSR count). The molecule has 0 spiro atoms. The molecule has 1 aromatic heterocycles. The van der Waals surface area contributed by atoms with Crippen LogP contribution in [-0.2, 0) is 26.1 Å². The zero-order valence-corrected chi connectivity index (χ0v) is 12.0. The molecule has 21 heavy (non-hydrogen) atoms. The summed E-state index contributed by atoms with van der Waals surface area (Å²) in [5, 5.41) is 0. The van der Waals surface area contributed by atoms with Crippen LogP contribution in [0, 0.1) is 0 Å². The molecular weight excluding hydrogens is 280 g/mol. The maximum absolute atomic E-state index is 12.3. The van der Waals surface area contributed by atoms with Gasteiger partial charge < -0.3 is 18.9 Å². The summed E-state index contributed by atoms with van der Waals surface area (Å²) in [6.45, 7) is -0.834. The number of amides is 1. The van der Waals surface area contributed by atoms with E-state index in [1.807, 2.05) is 0 Å². The number of esters is 2. The Morgan fingerprint density at radius 1 is 1.14 bits per heavy atom. The van der Waals surface area contributed by atoms with Crippen LogP contribution in [0.4, 0.5) is 0 Å². The Bertz CT molecular complexity index is 589. The molecule has 8 heteroatoms. The van der Waals surface area contributed by atoms with Gasteiger partial charge in [0.25, 0.3) is 11.5 Å². The van der Waals surface area contributed by atoms with Crippen molar-refractivity contribution in [2.24, 2.45) is 7.05 Å². The van der Waals surface area contributed by atoms with Gasteiger partial charge in [0, 0.05) is 24.9 Å². The Morgan fingerprint density at radius 3 is 2.10 bits per heavy atom. The fourth-order valence-electron chi connectivity index (χ4n) is 1.50. The van der Waals surface area contributed by atoms with E-state index in [4.69, 9.17) is 0 Å². The Hall–Kier alpha value is -2.64. The molecule has 0 aliphatic carbocycles. The smallest absolute Gasteiger partial charge is 0.325 e. The van der Waals surface area contributed by atoms with Crippen molar-refractivity contribution in [2.75, 3.05) is 27.3 Å². The summed E-state index contributed by atoms with van der Waals surface area (Å²) in [6, 6.07) is 2.55. The maximum atomic E-state index is 12.3. The number of hydrogen-bond acceptors (Lipinski definition) is 6. The van der Waals surface area contributed by atoms with E-state index in [1.165, 1.54) is 38.1 Å². The number of aryl methyl sites for hydroxylation is 1. The monoisotopic (exact) mass is 296 g/mol. The van der Waals surface area contributed by atoms with Crippen LogP contribution in [0.5, 0.6) is 0 Å². The highest BCUT2D eigenvalue weighted by Gasteiger charge is 2.22. The predicted molar refractivity (Wildman–Crippen MR) is 71.6 cm³/mol. The molecule has 0 atom stereocenters. The van der Waals surface area contributed by atoms with Crippen LogP contribution in [0.15, 0.2) is 23.1 Å². The van der Waals surface area contributed by atoms with Crippen LogP contribution in [0.25, 0.3) is 0 Å².